The Hall–Kier alpha value is -3.06. The van der Waals surface area contributed by atoms with Crippen molar-refractivity contribution in [1.82, 2.24) is 15.1 Å². The number of carbonyl (C=O) groups excluding carboxylic acids is 1. The van der Waals surface area contributed by atoms with Gasteiger partial charge in [0.05, 0.1) is 28.5 Å². The van der Waals surface area contributed by atoms with Crippen LogP contribution in [0.25, 0.3) is 0 Å². The molecule has 10 heteroatoms. The van der Waals surface area contributed by atoms with E-state index in [2.05, 4.69) is 15.5 Å². The lowest BCUT2D eigenvalue weighted by molar-refractivity contribution is 0.117. The first-order valence-corrected chi connectivity index (χ1v) is 10.5. The fourth-order valence-corrected chi connectivity index (χ4v) is 5.16. The maximum absolute atomic E-state index is 15.6. The van der Waals surface area contributed by atoms with E-state index in [1.54, 1.807) is 12.1 Å². The fraction of sp³-hybridized carbons (Fsp3) is 0.368. The number of urea groups is 1. The van der Waals surface area contributed by atoms with Crippen LogP contribution >= 0.6 is 0 Å². The van der Waals surface area contributed by atoms with Gasteiger partial charge < -0.3 is 10.2 Å². The van der Waals surface area contributed by atoms with Gasteiger partial charge in [0.2, 0.25) is 14.8 Å². The Bertz CT molecular complexity index is 1030. The second-order valence-corrected chi connectivity index (χ2v) is 9.16. The van der Waals surface area contributed by atoms with Crippen LogP contribution in [-0.2, 0) is 9.84 Å². The molecule has 1 fully saturated rings. The van der Waals surface area contributed by atoms with E-state index in [9.17, 15) is 18.5 Å². The summed E-state index contributed by atoms with van der Waals surface area (Å²) in [7, 11) is -4.39. The average Bonchev–Trinajstić information content (AvgIpc) is 2.74. The second kappa shape index (κ2) is 8.13. The molecule has 1 aromatic carbocycles. The van der Waals surface area contributed by atoms with Crippen LogP contribution in [-0.4, -0.2) is 47.6 Å². The third-order valence-electron chi connectivity index (χ3n) is 5.17. The Labute approximate surface area is 168 Å². The number of likely N-dealkylation sites (tertiary alicyclic amines) is 1. The van der Waals surface area contributed by atoms with Crippen LogP contribution in [0.1, 0.15) is 25.3 Å². The predicted octanol–water partition coefficient (Wildman–Crippen LogP) is 2.75. The zero-order chi connectivity index (χ0) is 21.1. The normalized spacial score (nSPS) is 17.2. The number of benzene rings is 1. The zero-order valence-corrected chi connectivity index (χ0v) is 16.6. The minimum atomic E-state index is -4.39. The quantitative estimate of drug-likeness (QED) is 0.818. The number of anilines is 1. The van der Waals surface area contributed by atoms with Crippen LogP contribution in [0.2, 0.25) is 0 Å². The van der Waals surface area contributed by atoms with Gasteiger partial charge in [-0.15, -0.1) is 0 Å². The number of hydrogen-bond donors (Lipinski definition) is 1. The minimum Gasteiger partial charge on any atom is -0.325 e. The first-order valence-electron chi connectivity index (χ1n) is 9.02. The van der Waals surface area contributed by atoms with Gasteiger partial charge in [0.15, 0.2) is 0 Å². The number of carbonyl (C=O) groups is 1. The van der Waals surface area contributed by atoms with Gasteiger partial charge in [0.1, 0.15) is 6.07 Å². The first kappa shape index (κ1) is 20.7. The highest BCUT2D eigenvalue weighted by molar-refractivity contribution is 7.92. The van der Waals surface area contributed by atoms with E-state index < -0.39 is 20.8 Å². The van der Waals surface area contributed by atoms with Crippen molar-refractivity contribution in [2.75, 3.05) is 18.4 Å². The summed E-state index contributed by atoms with van der Waals surface area (Å²) in [5.41, 5.74) is 0.400. The van der Waals surface area contributed by atoms with Gasteiger partial charge in [-0.3, -0.25) is 0 Å². The lowest BCUT2D eigenvalue weighted by Crippen LogP contribution is -2.48. The smallest absolute Gasteiger partial charge is 0.321 e. The highest BCUT2D eigenvalue weighted by atomic mass is 32.2. The summed E-state index contributed by atoms with van der Waals surface area (Å²) in [4.78, 5) is 13.5. The van der Waals surface area contributed by atoms with E-state index in [4.69, 9.17) is 0 Å². The Morgan fingerprint density at radius 2 is 1.97 bits per heavy atom. The van der Waals surface area contributed by atoms with Gasteiger partial charge in [-0.05, 0) is 38.0 Å². The average molecular weight is 417 g/mol. The number of amides is 2. The van der Waals surface area contributed by atoms with Crippen molar-refractivity contribution in [3.05, 3.63) is 48.3 Å². The van der Waals surface area contributed by atoms with Crippen molar-refractivity contribution in [2.24, 2.45) is 5.92 Å². The molecule has 8 nitrogen and oxygen atoms in total. The molecule has 2 amide bonds. The lowest BCUT2D eigenvalue weighted by atomic mass is 9.92. The van der Waals surface area contributed by atoms with Gasteiger partial charge in [-0.1, -0.05) is 12.1 Å². The molecule has 1 aromatic heterocycles. The number of halogens is 1. The number of sulfone groups is 1. The fourth-order valence-electron chi connectivity index (χ4n) is 3.39. The van der Waals surface area contributed by atoms with Crippen molar-refractivity contribution in [3.63, 3.8) is 0 Å². The molecule has 2 aromatic rings. The van der Waals surface area contributed by atoms with Crippen LogP contribution < -0.4 is 5.32 Å². The molecule has 0 aliphatic carbocycles. The first-order chi connectivity index (χ1) is 13.8. The summed E-state index contributed by atoms with van der Waals surface area (Å²) in [6, 6.07) is 8.62. The number of alkyl halides is 1. The van der Waals surface area contributed by atoms with Gasteiger partial charge in [-0.2, -0.15) is 15.5 Å². The molecule has 1 aliphatic rings. The molecule has 0 bridgehead atoms. The van der Waals surface area contributed by atoms with E-state index in [0.717, 1.165) is 6.92 Å². The number of nitriles is 1. The highest BCUT2D eigenvalue weighted by Gasteiger charge is 2.49. The van der Waals surface area contributed by atoms with Gasteiger partial charge in [-0.25, -0.2) is 17.6 Å². The number of nitrogens with one attached hydrogen (secondary N) is 1. The summed E-state index contributed by atoms with van der Waals surface area (Å²) >= 11 is 0. The van der Waals surface area contributed by atoms with E-state index >= 15 is 4.39 Å². The molecule has 1 aliphatic heterocycles. The number of rotatable bonds is 4. The Balaban J connectivity index is 1.71. The number of nitrogens with zero attached hydrogens (tertiary/aromatic N) is 4. The van der Waals surface area contributed by atoms with Crippen LogP contribution in [0.3, 0.4) is 0 Å². The molecule has 0 spiro atoms. The minimum absolute atomic E-state index is 0.0841. The van der Waals surface area contributed by atoms with Gasteiger partial charge in [0, 0.05) is 19.0 Å². The topological polar surface area (TPSA) is 116 Å². The summed E-state index contributed by atoms with van der Waals surface area (Å²) < 4.78 is 41.5. The molecule has 1 atom stereocenters. The van der Waals surface area contributed by atoms with Crippen LogP contribution in [0.5, 0.6) is 0 Å². The number of hydrogen-bond acceptors (Lipinski definition) is 6. The molecule has 0 radical (unpaired) electrons. The molecule has 152 valence electrons. The molecule has 3 rings (SSSR count). The van der Waals surface area contributed by atoms with E-state index in [0.29, 0.717) is 5.69 Å². The van der Waals surface area contributed by atoms with Crippen LogP contribution in [0.4, 0.5) is 14.9 Å². The summed E-state index contributed by atoms with van der Waals surface area (Å²) in [6.45, 7) is 1.47. The maximum atomic E-state index is 15.6. The Kier molecular flexibility index (Phi) is 5.79. The zero-order valence-electron chi connectivity index (χ0n) is 15.7. The Morgan fingerprint density at radius 3 is 2.59 bits per heavy atom. The molecular weight excluding hydrogens is 397 g/mol. The molecule has 29 heavy (non-hydrogen) atoms. The monoisotopic (exact) mass is 417 g/mol. The van der Waals surface area contributed by atoms with Crippen LogP contribution in [0.15, 0.2) is 47.6 Å². The second-order valence-electron chi connectivity index (χ2n) is 6.92. The van der Waals surface area contributed by atoms with Gasteiger partial charge in [0.25, 0.3) is 0 Å². The molecule has 2 heterocycles. The largest absolute Gasteiger partial charge is 0.325 e. The van der Waals surface area contributed by atoms with E-state index in [1.165, 1.54) is 41.6 Å². The lowest BCUT2D eigenvalue weighted by Gasteiger charge is -2.37. The van der Waals surface area contributed by atoms with E-state index in [1.807, 2.05) is 0 Å². The van der Waals surface area contributed by atoms with Crippen LogP contribution in [0, 0.1) is 17.2 Å². The highest BCUT2D eigenvalue weighted by Crippen LogP contribution is 2.40. The van der Waals surface area contributed by atoms with Crippen molar-refractivity contribution in [3.8, 4) is 6.07 Å². The SMILES string of the molecule is CC(F)(C1CCN(C(=O)Nc2ccnnc2)CC1)S(=O)(=O)c1ccccc1C#N. The molecule has 1 unspecified atom stereocenters. The molecule has 1 saturated heterocycles. The maximum Gasteiger partial charge on any atom is 0.321 e. The third kappa shape index (κ3) is 4.05. The summed E-state index contributed by atoms with van der Waals surface area (Å²) in [5.74, 6) is -0.800. The number of aromatic nitrogens is 2. The molecular formula is C19H20FN5O3S. The van der Waals surface area contributed by atoms with Crippen molar-refractivity contribution in [1.29, 1.82) is 5.26 Å². The third-order valence-corrected chi connectivity index (χ3v) is 7.49. The molecule has 0 saturated carbocycles. The van der Waals surface area contributed by atoms with Crippen molar-refractivity contribution in [2.45, 2.75) is 29.7 Å². The van der Waals surface area contributed by atoms with Crippen molar-refractivity contribution < 1.29 is 17.6 Å². The number of piperidine rings is 1. The molecule has 1 N–H and O–H groups in total. The van der Waals surface area contributed by atoms with Crippen molar-refractivity contribution >= 4 is 21.6 Å². The predicted molar refractivity (Wildman–Crippen MR) is 103 cm³/mol. The standard InChI is InChI=1S/C19H20FN5O3S/c1-19(20,29(27,28)17-5-3-2-4-14(17)12-21)15-7-10-25(11-8-15)18(26)24-16-6-9-22-23-13-16/h2-6,9,13,15H,7-8,10-11H2,1H3,(H,22,24,26). The summed E-state index contributed by atoms with van der Waals surface area (Å²) in [6.07, 6.45) is 3.22. The van der Waals surface area contributed by atoms with Gasteiger partial charge >= 0.3 is 6.03 Å². The Morgan fingerprint density at radius 1 is 1.28 bits per heavy atom. The van der Waals surface area contributed by atoms with E-state index in [-0.39, 0.29) is 42.4 Å². The summed E-state index contributed by atoms with van der Waals surface area (Å²) in [5, 5.41) is 16.6.